The van der Waals surface area contributed by atoms with E-state index in [-0.39, 0.29) is 11.7 Å². The van der Waals surface area contributed by atoms with Crippen LogP contribution in [0, 0.1) is 6.92 Å². The summed E-state index contributed by atoms with van der Waals surface area (Å²) in [5, 5.41) is 6.91. The standard InChI is InChI=1S/C16H22N6O3/c1-9-18-8-10(11(17)19-9)12-20-13(22-25-12)16(6-5-7-16)21-14(23)24-15(2,3)4/h8H,5-7H2,1-4H3,(H,21,23)(H2,17,18,19). The van der Waals surface area contributed by atoms with Crippen LogP contribution in [0.5, 0.6) is 0 Å². The molecule has 9 nitrogen and oxygen atoms in total. The van der Waals surface area contributed by atoms with Crippen LogP contribution < -0.4 is 11.1 Å². The molecule has 1 amide bonds. The van der Waals surface area contributed by atoms with Gasteiger partial charge in [-0.1, -0.05) is 5.16 Å². The number of hydrogen-bond acceptors (Lipinski definition) is 8. The predicted molar refractivity (Wildman–Crippen MR) is 89.4 cm³/mol. The van der Waals surface area contributed by atoms with Crippen LogP contribution in [0.2, 0.25) is 0 Å². The van der Waals surface area contributed by atoms with Crippen molar-refractivity contribution in [3.05, 3.63) is 17.8 Å². The molecular formula is C16H22N6O3. The van der Waals surface area contributed by atoms with Gasteiger partial charge in [0.25, 0.3) is 5.89 Å². The highest BCUT2D eigenvalue weighted by atomic mass is 16.6. The summed E-state index contributed by atoms with van der Waals surface area (Å²) in [5.74, 6) is 1.46. The first kappa shape index (κ1) is 17.1. The Bertz CT molecular complexity index is 791. The van der Waals surface area contributed by atoms with Crippen molar-refractivity contribution in [2.45, 2.75) is 58.1 Å². The van der Waals surface area contributed by atoms with Crippen molar-refractivity contribution in [3.8, 4) is 11.5 Å². The first-order valence-electron chi connectivity index (χ1n) is 8.13. The second kappa shape index (κ2) is 5.98. The predicted octanol–water partition coefficient (Wildman–Crippen LogP) is 2.32. The average Bonchev–Trinajstić information content (AvgIpc) is 2.90. The number of carbonyl (C=O) groups excluding carboxylic acids is 1. The summed E-state index contributed by atoms with van der Waals surface area (Å²) in [6.07, 6.45) is 3.42. The first-order chi connectivity index (χ1) is 11.7. The molecule has 0 radical (unpaired) electrons. The molecule has 0 spiro atoms. The zero-order valence-corrected chi connectivity index (χ0v) is 14.8. The van der Waals surface area contributed by atoms with Gasteiger partial charge in [-0.05, 0) is 47.0 Å². The van der Waals surface area contributed by atoms with Gasteiger partial charge in [0.1, 0.15) is 28.3 Å². The number of aryl methyl sites for hydroxylation is 1. The molecule has 1 aliphatic rings. The van der Waals surface area contributed by atoms with E-state index in [0.717, 1.165) is 6.42 Å². The fraction of sp³-hybridized carbons (Fsp3) is 0.562. The van der Waals surface area contributed by atoms with Crippen molar-refractivity contribution < 1.29 is 14.1 Å². The molecule has 2 heterocycles. The Balaban J connectivity index is 1.83. The van der Waals surface area contributed by atoms with Crippen LogP contribution >= 0.6 is 0 Å². The van der Waals surface area contributed by atoms with Gasteiger partial charge >= 0.3 is 6.09 Å². The molecule has 9 heteroatoms. The summed E-state index contributed by atoms with van der Waals surface area (Å²) in [7, 11) is 0. The number of nitrogen functional groups attached to an aromatic ring is 1. The van der Waals surface area contributed by atoms with E-state index in [1.165, 1.54) is 0 Å². The molecule has 0 aliphatic heterocycles. The Morgan fingerprint density at radius 3 is 2.64 bits per heavy atom. The number of ether oxygens (including phenoxy) is 1. The van der Waals surface area contributed by atoms with E-state index in [4.69, 9.17) is 15.0 Å². The summed E-state index contributed by atoms with van der Waals surface area (Å²) in [4.78, 5) is 24.8. The number of aromatic nitrogens is 4. The highest BCUT2D eigenvalue weighted by Crippen LogP contribution is 2.40. The molecule has 0 unspecified atom stereocenters. The van der Waals surface area contributed by atoms with E-state index < -0.39 is 17.2 Å². The van der Waals surface area contributed by atoms with E-state index in [0.29, 0.717) is 30.1 Å². The Labute approximate surface area is 145 Å². The number of hydrogen-bond donors (Lipinski definition) is 2. The number of nitrogens with one attached hydrogen (secondary N) is 1. The maximum atomic E-state index is 12.1. The molecule has 1 fully saturated rings. The SMILES string of the molecule is Cc1ncc(-c2nc(C3(NC(=O)OC(C)(C)C)CCC3)no2)c(N)n1. The molecule has 3 N–H and O–H groups in total. The first-order valence-corrected chi connectivity index (χ1v) is 8.13. The fourth-order valence-corrected chi connectivity index (χ4v) is 2.61. The second-order valence-corrected chi connectivity index (χ2v) is 7.20. The van der Waals surface area contributed by atoms with E-state index in [1.807, 2.05) is 20.8 Å². The van der Waals surface area contributed by atoms with Gasteiger partial charge in [0.15, 0.2) is 5.82 Å². The van der Waals surface area contributed by atoms with Crippen LogP contribution in [0.1, 0.15) is 51.7 Å². The Morgan fingerprint density at radius 1 is 1.36 bits per heavy atom. The summed E-state index contributed by atoms with van der Waals surface area (Å²) < 4.78 is 10.7. The number of nitrogens with zero attached hydrogens (tertiary/aromatic N) is 4. The quantitative estimate of drug-likeness (QED) is 0.866. The minimum atomic E-state index is -0.676. The van der Waals surface area contributed by atoms with Gasteiger partial charge in [0, 0.05) is 6.20 Å². The molecule has 134 valence electrons. The highest BCUT2D eigenvalue weighted by Gasteiger charge is 2.45. The molecule has 0 aromatic carbocycles. The van der Waals surface area contributed by atoms with Crippen molar-refractivity contribution in [2.75, 3.05) is 5.73 Å². The summed E-state index contributed by atoms with van der Waals surface area (Å²) >= 11 is 0. The lowest BCUT2D eigenvalue weighted by molar-refractivity contribution is 0.0362. The third kappa shape index (κ3) is 3.54. The van der Waals surface area contributed by atoms with Crippen molar-refractivity contribution in [2.24, 2.45) is 0 Å². The number of rotatable bonds is 3. The highest BCUT2D eigenvalue weighted by molar-refractivity contribution is 5.69. The Hall–Kier alpha value is -2.71. The fourth-order valence-electron chi connectivity index (χ4n) is 2.61. The Morgan fingerprint density at radius 2 is 2.08 bits per heavy atom. The minimum absolute atomic E-state index is 0.227. The third-order valence-corrected chi connectivity index (χ3v) is 3.97. The third-order valence-electron chi connectivity index (χ3n) is 3.97. The summed E-state index contributed by atoms with van der Waals surface area (Å²) in [6.45, 7) is 7.18. The molecule has 0 atom stereocenters. The van der Waals surface area contributed by atoms with E-state index >= 15 is 0 Å². The molecular weight excluding hydrogens is 324 g/mol. The maximum Gasteiger partial charge on any atom is 0.408 e. The van der Waals surface area contributed by atoms with Crippen LogP contribution in [0.25, 0.3) is 11.5 Å². The van der Waals surface area contributed by atoms with Crippen molar-refractivity contribution in [1.82, 2.24) is 25.4 Å². The number of carbonyl (C=O) groups is 1. The normalized spacial score (nSPS) is 16.2. The van der Waals surface area contributed by atoms with Gasteiger partial charge < -0.3 is 20.3 Å². The van der Waals surface area contributed by atoms with E-state index in [9.17, 15) is 4.79 Å². The van der Waals surface area contributed by atoms with Crippen LogP contribution in [-0.2, 0) is 10.3 Å². The van der Waals surface area contributed by atoms with Gasteiger partial charge in [0.05, 0.1) is 0 Å². The summed E-state index contributed by atoms with van der Waals surface area (Å²) in [6, 6.07) is 0. The zero-order valence-electron chi connectivity index (χ0n) is 14.8. The van der Waals surface area contributed by atoms with Crippen LogP contribution in [-0.4, -0.2) is 31.8 Å². The van der Waals surface area contributed by atoms with Gasteiger partial charge in [-0.15, -0.1) is 0 Å². The van der Waals surface area contributed by atoms with Crippen molar-refractivity contribution in [1.29, 1.82) is 0 Å². The van der Waals surface area contributed by atoms with Crippen LogP contribution in [0.4, 0.5) is 10.6 Å². The maximum absolute atomic E-state index is 12.1. The average molecular weight is 346 g/mol. The van der Waals surface area contributed by atoms with Crippen molar-refractivity contribution >= 4 is 11.9 Å². The van der Waals surface area contributed by atoms with Crippen LogP contribution in [0.15, 0.2) is 10.7 Å². The molecule has 25 heavy (non-hydrogen) atoms. The van der Waals surface area contributed by atoms with E-state index in [1.54, 1.807) is 13.1 Å². The molecule has 0 saturated heterocycles. The monoisotopic (exact) mass is 346 g/mol. The smallest absolute Gasteiger partial charge is 0.408 e. The van der Waals surface area contributed by atoms with Gasteiger partial charge in [-0.25, -0.2) is 14.8 Å². The molecule has 0 bridgehead atoms. The lowest BCUT2D eigenvalue weighted by atomic mass is 9.76. The topological polar surface area (TPSA) is 129 Å². The van der Waals surface area contributed by atoms with E-state index in [2.05, 4.69) is 25.4 Å². The largest absolute Gasteiger partial charge is 0.444 e. The summed E-state index contributed by atoms with van der Waals surface area (Å²) in [5.41, 5.74) is 5.11. The number of amides is 1. The number of alkyl carbamates (subject to hydrolysis) is 1. The number of nitrogens with two attached hydrogens (primary N) is 1. The minimum Gasteiger partial charge on any atom is -0.444 e. The molecule has 3 rings (SSSR count). The van der Waals surface area contributed by atoms with Gasteiger partial charge in [-0.3, -0.25) is 0 Å². The number of anilines is 1. The van der Waals surface area contributed by atoms with Gasteiger partial charge in [-0.2, -0.15) is 4.98 Å². The van der Waals surface area contributed by atoms with Crippen LogP contribution in [0.3, 0.4) is 0 Å². The molecule has 1 aliphatic carbocycles. The second-order valence-electron chi connectivity index (χ2n) is 7.20. The molecule has 2 aromatic heterocycles. The van der Waals surface area contributed by atoms with Crippen molar-refractivity contribution in [3.63, 3.8) is 0 Å². The lowest BCUT2D eigenvalue weighted by Crippen LogP contribution is -2.52. The molecule has 1 saturated carbocycles. The lowest BCUT2D eigenvalue weighted by Gasteiger charge is -2.39. The Kier molecular flexibility index (Phi) is 4.09. The van der Waals surface area contributed by atoms with Gasteiger partial charge in [0.2, 0.25) is 0 Å². The zero-order chi connectivity index (χ0) is 18.2. The molecule has 2 aromatic rings.